The number of amides is 1. The summed E-state index contributed by atoms with van der Waals surface area (Å²) in [5, 5.41) is 8.73. The maximum absolute atomic E-state index is 14.4. The Hall–Kier alpha value is -4.03. The fourth-order valence-corrected chi connectivity index (χ4v) is 5.77. The second-order valence-electron chi connectivity index (χ2n) is 9.22. The van der Waals surface area contributed by atoms with Crippen LogP contribution < -0.4 is 16.4 Å². The number of anilines is 1. The third-order valence-electron chi connectivity index (χ3n) is 6.82. The van der Waals surface area contributed by atoms with Crippen LogP contribution in [0.2, 0.25) is 0 Å². The van der Waals surface area contributed by atoms with Gasteiger partial charge in [0.1, 0.15) is 23.0 Å². The molecule has 0 aliphatic carbocycles. The summed E-state index contributed by atoms with van der Waals surface area (Å²) in [5.74, 6) is -1.72. The van der Waals surface area contributed by atoms with Crippen LogP contribution in [0.4, 0.5) is 14.7 Å². The number of fused-ring (bicyclic) bond motifs is 2. The minimum atomic E-state index is -0.959. The summed E-state index contributed by atoms with van der Waals surface area (Å²) in [6.07, 6.45) is 0.761. The Balaban J connectivity index is 1.34. The lowest BCUT2D eigenvalue weighted by molar-refractivity contribution is 0.0997. The number of rotatable bonds is 4. The average molecular weight is 521 g/mol. The number of primary amides is 1. The lowest BCUT2D eigenvalue weighted by atomic mass is 9.81. The summed E-state index contributed by atoms with van der Waals surface area (Å²) in [6.45, 7) is 2.75. The van der Waals surface area contributed by atoms with Crippen molar-refractivity contribution in [3.63, 3.8) is 0 Å². The quantitative estimate of drug-likeness (QED) is 0.328. The van der Waals surface area contributed by atoms with Gasteiger partial charge in [0.25, 0.3) is 5.91 Å². The molecule has 0 unspecified atom stereocenters. The molecule has 1 fully saturated rings. The van der Waals surface area contributed by atoms with Gasteiger partial charge in [-0.2, -0.15) is 10.1 Å². The Kier molecular flexibility index (Phi) is 5.39. The van der Waals surface area contributed by atoms with Crippen molar-refractivity contribution in [1.29, 1.82) is 0 Å². The van der Waals surface area contributed by atoms with Crippen molar-refractivity contribution in [2.45, 2.75) is 25.3 Å². The minimum absolute atomic E-state index is 0.0542. The molecule has 1 amide bonds. The highest BCUT2D eigenvalue weighted by Crippen LogP contribution is 2.35. The first kappa shape index (κ1) is 23.4. The number of H-pyrrole nitrogens is 1. The first-order valence-corrected chi connectivity index (χ1v) is 12.5. The molecule has 1 aliphatic heterocycles. The molecule has 0 spiro atoms. The zero-order chi connectivity index (χ0) is 25.9. The van der Waals surface area contributed by atoms with E-state index in [0.29, 0.717) is 48.6 Å². The van der Waals surface area contributed by atoms with Crippen LogP contribution in [0.5, 0.6) is 0 Å². The number of aromatic nitrogens is 5. The minimum Gasteiger partial charge on any atom is -0.364 e. The molecule has 0 atom stereocenters. The second-order valence-corrected chi connectivity index (χ2v) is 10.4. The molecule has 6 rings (SSSR count). The largest absolute Gasteiger partial charge is 0.364 e. The van der Waals surface area contributed by atoms with Gasteiger partial charge in [0.15, 0.2) is 5.65 Å². The van der Waals surface area contributed by atoms with Gasteiger partial charge in [-0.05, 0) is 38.0 Å². The van der Waals surface area contributed by atoms with Gasteiger partial charge in [-0.15, -0.1) is 11.3 Å². The SMILES string of the molecule is Cc1nc2ccc(-c3n[nH]c4nc(N5CCC(N)(c6ccc(F)cc6F)CC5)nc(C(N)=O)c34)cc2s1. The van der Waals surface area contributed by atoms with Crippen molar-refractivity contribution in [2.24, 2.45) is 11.5 Å². The molecule has 37 heavy (non-hydrogen) atoms. The van der Waals surface area contributed by atoms with E-state index in [9.17, 15) is 13.6 Å². The third-order valence-corrected chi connectivity index (χ3v) is 7.75. The van der Waals surface area contributed by atoms with Crippen LogP contribution in [0.15, 0.2) is 36.4 Å². The number of nitrogens with two attached hydrogens (primary N) is 2. The monoisotopic (exact) mass is 520 g/mol. The number of carbonyl (C=O) groups excluding carboxylic acids is 1. The summed E-state index contributed by atoms with van der Waals surface area (Å²) < 4.78 is 28.8. The maximum Gasteiger partial charge on any atom is 0.268 e. The summed E-state index contributed by atoms with van der Waals surface area (Å²) in [7, 11) is 0. The zero-order valence-corrected chi connectivity index (χ0v) is 20.6. The zero-order valence-electron chi connectivity index (χ0n) is 19.8. The van der Waals surface area contributed by atoms with Crippen LogP contribution in [0.1, 0.15) is 33.9 Å². The van der Waals surface area contributed by atoms with Crippen LogP contribution in [0.25, 0.3) is 32.5 Å². The van der Waals surface area contributed by atoms with Crippen molar-refractivity contribution in [1.82, 2.24) is 25.1 Å². The number of nitrogens with zero attached hydrogens (tertiary/aromatic N) is 5. The fourth-order valence-electron chi connectivity index (χ4n) is 4.90. The Morgan fingerprint density at radius 3 is 2.62 bits per heavy atom. The lowest BCUT2D eigenvalue weighted by Crippen LogP contribution is -2.49. The van der Waals surface area contributed by atoms with Crippen molar-refractivity contribution >= 4 is 44.4 Å². The molecule has 12 heteroatoms. The lowest BCUT2D eigenvalue weighted by Gasteiger charge is -2.39. The van der Waals surface area contributed by atoms with Gasteiger partial charge >= 0.3 is 0 Å². The average Bonchev–Trinajstić information content (AvgIpc) is 3.45. The van der Waals surface area contributed by atoms with Gasteiger partial charge in [-0.1, -0.05) is 12.1 Å². The van der Waals surface area contributed by atoms with E-state index in [1.165, 1.54) is 12.1 Å². The molecule has 1 saturated heterocycles. The van der Waals surface area contributed by atoms with E-state index in [4.69, 9.17) is 11.5 Å². The van der Waals surface area contributed by atoms with Crippen molar-refractivity contribution in [3.05, 3.63) is 64.3 Å². The number of aromatic amines is 1. The van der Waals surface area contributed by atoms with E-state index in [2.05, 4.69) is 25.1 Å². The molecule has 0 bridgehead atoms. The smallest absolute Gasteiger partial charge is 0.268 e. The predicted octanol–water partition coefficient (Wildman–Crippen LogP) is 3.77. The van der Waals surface area contributed by atoms with E-state index in [-0.39, 0.29) is 11.3 Å². The Labute approximate surface area is 213 Å². The molecular weight excluding hydrogens is 498 g/mol. The summed E-state index contributed by atoms with van der Waals surface area (Å²) in [4.78, 5) is 27.9. The Morgan fingerprint density at radius 1 is 1.11 bits per heavy atom. The van der Waals surface area contributed by atoms with Gasteiger partial charge in [-0.3, -0.25) is 9.89 Å². The Bertz CT molecular complexity index is 1690. The fraction of sp³-hybridized carbons (Fsp3) is 0.240. The normalized spacial score (nSPS) is 15.5. The van der Waals surface area contributed by atoms with Crippen molar-refractivity contribution < 1.29 is 13.6 Å². The predicted molar refractivity (Wildman–Crippen MR) is 137 cm³/mol. The number of piperidine rings is 1. The van der Waals surface area contributed by atoms with E-state index in [1.54, 1.807) is 11.3 Å². The van der Waals surface area contributed by atoms with E-state index in [1.807, 2.05) is 30.0 Å². The Morgan fingerprint density at radius 2 is 1.89 bits per heavy atom. The number of benzene rings is 2. The van der Waals surface area contributed by atoms with Crippen LogP contribution in [0.3, 0.4) is 0 Å². The van der Waals surface area contributed by atoms with Crippen LogP contribution in [0, 0.1) is 18.6 Å². The summed E-state index contributed by atoms with van der Waals surface area (Å²) in [5.41, 5.74) is 14.2. The number of hydrogen-bond donors (Lipinski definition) is 3. The number of nitrogens with one attached hydrogen (secondary N) is 1. The van der Waals surface area contributed by atoms with Gasteiger partial charge in [0, 0.05) is 35.8 Å². The molecule has 0 saturated carbocycles. The standard InChI is InChI=1S/C25H22F2N8OS/c1-12-30-17-5-2-13(10-18(17)37-12)20-19-21(22(28)36)31-24(32-23(19)34-33-20)35-8-6-25(29,7-9-35)15-4-3-14(26)11-16(15)27/h2-5,10-11H,6-9,29H2,1H3,(H2,28,36)(H,31,32,33,34). The molecular formula is C25H22F2N8OS. The van der Waals surface area contributed by atoms with Crippen LogP contribution in [-0.2, 0) is 5.54 Å². The van der Waals surface area contributed by atoms with Gasteiger partial charge in [-0.25, -0.2) is 18.7 Å². The highest BCUT2D eigenvalue weighted by atomic mass is 32.1. The summed E-state index contributed by atoms with van der Waals surface area (Å²) >= 11 is 1.57. The number of thiazole rings is 1. The van der Waals surface area contributed by atoms with Crippen LogP contribution >= 0.6 is 11.3 Å². The molecule has 0 radical (unpaired) electrons. The molecule has 9 nitrogen and oxygen atoms in total. The molecule has 188 valence electrons. The summed E-state index contributed by atoms with van der Waals surface area (Å²) in [6, 6.07) is 9.20. The topological polar surface area (TPSA) is 140 Å². The maximum atomic E-state index is 14.4. The number of carbonyl (C=O) groups is 1. The molecule has 5 aromatic rings. The van der Waals surface area contributed by atoms with E-state index in [0.717, 1.165) is 26.9 Å². The number of aryl methyl sites for hydroxylation is 1. The molecule has 1 aliphatic rings. The van der Waals surface area contributed by atoms with Gasteiger partial charge in [0.2, 0.25) is 5.95 Å². The number of halogens is 2. The molecule has 3 aromatic heterocycles. The highest BCUT2D eigenvalue weighted by molar-refractivity contribution is 7.18. The molecule has 2 aromatic carbocycles. The van der Waals surface area contributed by atoms with E-state index < -0.39 is 23.1 Å². The first-order chi connectivity index (χ1) is 17.7. The highest BCUT2D eigenvalue weighted by Gasteiger charge is 2.36. The van der Waals surface area contributed by atoms with Gasteiger partial charge < -0.3 is 16.4 Å². The van der Waals surface area contributed by atoms with E-state index >= 15 is 0 Å². The third kappa shape index (κ3) is 3.98. The second kappa shape index (κ2) is 8.53. The molecule has 5 N–H and O–H groups in total. The van der Waals surface area contributed by atoms with Gasteiger partial charge in [0.05, 0.1) is 20.6 Å². The van der Waals surface area contributed by atoms with Crippen molar-refractivity contribution in [3.8, 4) is 11.3 Å². The first-order valence-electron chi connectivity index (χ1n) is 11.6. The number of hydrogen-bond acceptors (Lipinski definition) is 8. The molecule has 4 heterocycles. The van der Waals surface area contributed by atoms with Crippen molar-refractivity contribution in [2.75, 3.05) is 18.0 Å². The van der Waals surface area contributed by atoms with Crippen LogP contribution in [-0.4, -0.2) is 44.1 Å².